The zero-order chi connectivity index (χ0) is 13.6. The van der Waals surface area contributed by atoms with Gasteiger partial charge in [-0.25, -0.2) is 0 Å². The molecule has 2 nitrogen and oxygen atoms in total. The Hall–Kier alpha value is -0.0800. The van der Waals surface area contributed by atoms with Crippen molar-refractivity contribution in [1.29, 1.82) is 0 Å². The molecular formula is C16H34N2. The van der Waals surface area contributed by atoms with E-state index in [4.69, 9.17) is 5.73 Å². The van der Waals surface area contributed by atoms with Crippen LogP contribution in [-0.4, -0.2) is 31.1 Å². The van der Waals surface area contributed by atoms with Gasteiger partial charge >= 0.3 is 0 Å². The van der Waals surface area contributed by atoms with Crippen LogP contribution in [0.2, 0.25) is 0 Å². The van der Waals surface area contributed by atoms with Gasteiger partial charge in [-0.15, -0.1) is 0 Å². The maximum atomic E-state index is 5.71. The molecule has 0 amide bonds. The van der Waals surface area contributed by atoms with E-state index in [2.05, 4.69) is 32.6 Å². The van der Waals surface area contributed by atoms with Gasteiger partial charge in [0.2, 0.25) is 0 Å². The third kappa shape index (κ3) is 5.71. The predicted octanol–water partition coefficient (Wildman–Crippen LogP) is 3.51. The van der Waals surface area contributed by atoms with Gasteiger partial charge in [0, 0.05) is 6.54 Å². The maximum Gasteiger partial charge on any atom is 0.00327 e. The van der Waals surface area contributed by atoms with Gasteiger partial charge in [0.1, 0.15) is 0 Å². The Balaban J connectivity index is 2.23. The van der Waals surface area contributed by atoms with Crippen LogP contribution in [0.5, 0.6) is 0 Å². The van der Waals surface area contributed by atoms with E-state index in [1.165, 1.54) is 51.7 Å². The van der Waals surface area contributed by atoms with E-state index in [0.29, 0.717) is 5.41 Å². The minimum absolute atomic E-state index is 0.535. The van der Waals surface area contributed by atoms with Crippen molar-refractivity contribution in [3.05, 3.63) is 0 Å². The van der Waals surface area contributed by atoms with Crippen molar-refractivity contribution >= 4 is 0 Å². The zero-order valence-electron chi connectivity index (χ0n) is 13.0. The highest BCUT2D eigenvalue weighted by molar-refractivity contribution is 4.79. The summed E-state index contributed by atoms with van der Waals surface area (Å²) in [4.78, 5) is 2.67. The fourth-order valence-electron chi connectivity index (χ4n) is 3.34. The molecule has 18 heavy (non-hydrogen) atoms. The second kappa shape index (κ2) is 7.49. The summed E-state index contributed by atoms with van der Waals surface area (Å²) in [6, 6.07) is 0. The largest absolute Gasteiger partial charge is 0.330 e. The quantitative estimate of drug-likeness (QED) is 0.753. The molecule has 1 aliphatic rings. The van der Waals surface area contributed by atoms with E-state index in [1.807, 2.05) is 0 Å². The second-order valence-electron chi connectivity index (χ2n) is 7.27. The average molecular weight is 254 g/mol. The van der Waals surface area contributed by atoms with Gasteiger partial charge in [-0.05, 0) is 69.0 Å². The smallest absolute Gasteiger partial charge is 0.00327 e. The molecule has 0 aromatic heterocycles. The first-order valence-electron chi connectivity index (χ1n) is 7.87. The standard InChI is InChI=1S/C16H34N2/c1-14(2)15(8-10-17)7-5-11-18-12-6-9-16(3,4)13-18/h14-15H,5-13,17H2,1-4H3. The number of hydrogen-bond acceptors (Lipinski definition) is 2. The Bertz CT molecular complexity index is 223. The van der Waals surface area contributed by atoms with Crippen molar-refractivity contribution in [2.75, 3.05) is 26.2 Å². The summed E-state index contributed by atoms with van der Waals surface area (Å²) in [5, 5.41) is 0. The van der Waals surface area contributed by atoms with Gasteiger partial charge < -0.3 is 10.6 Å². The molecule has 1 unspecified atom stereocenters. The van der Waals surface area contributed by atoms with Crippen LogP contribution in [0.15, 0.2) is 0 Å². The van der Waals surface area contributed by atoms with Crippen LogP contribution < -0.4 is 5.73 Å². The highest BCUT2D eigenvalue weighted by Crippen LogP contribution is 2.29. The number of piperidine rings is 1. The molecule has 1 atom stereocenters. The lowest BCUT2D eigenvalue weighted by molar-refractivity contribution is 0.113. The number of rotatable bonds is 7. The van der Waals surface area contributed by atoms with E-state index in [-0.39, 0.29) is 0 Å². The highest BCUT2D eigenvalue weighted by Gasteiger charge is 2.25. The molecule has 0 aromatic carbocycles. The van der Waals surface area contributed by atoms with Crippen molar-refractivity contribution in [1.82, 2.24) is 4.90 Å². The molecule has 0 saturated carbocycles. The topological polar surface area (TPSA) is 29.3 Å². The van der Waals surface area contributed by atoms with Gasteiger partial charge in [-0.3, -0.25) is 0 Å². The summed E-state index contributed by atoms with van der Waals surface area (Å²) < 4.78 is 0. The first kappa shape index (κ1) is 16.0. The maximum absolute atomic E-state index is 5.71. The Labute approximate surface area is 114 Å². The molecule has 2 heteroatoms. The average Bonchev–Trinajstić information content (AvgIpc) is 2.26. The van der Waals surface area contributed by atoms with E-state index < -0.39 is 0 Å². The molecular weight excluding hydrogens is 220 g/mol. The summed E-state index contributed by atoms with van der Waals surface area (Å²) in [5.74, 6) is 1.61. The molecule has 1 fully saturated rings. The van der Waals surface area contributed by atoms with E-state index >= 15 is 0 Å². The number of nitrogens with zero attached hydrogens (tertiary/aromatic N) is 1. The Morgan fingerprint density at radius 3 is 2.50 bits per heavy atom. The lowest BCUT2D eigenvalue weighted by Gasteiger charge is -2.38. The summed E-state index contributed by atoms with van der Waals surface area (Å²) in [5.41, 5.74) is 6.24. The fourth-order valence-corrected chi connectivity index (χ4v) is 3.34. The summed E-state index contributed by atoms with van der Waals surface area (Å²) in [7, 11) is 0. The molecule has 1 aliphatic heterocycles. The lowest BCUT2D eigenvalue weighted by atomic mass is 9.84. The molecule has 0 spiro atoms. The van der Waals surface area contributed by atoms with Gasteiger partial charge in [0.25, 0.3) is 0 Å². The second-order valence-corrected chi connectivity index (χ2v) is 7.27. The zero-order valence-corrected chi connectivity index (χ0v) is 13.0. The van der Waals surface area contributed by atoms with Gasteiger partial charge in [0.05, 0.1) is 0 Å². The molecule has 0 bridgehead atoms. The molecule has 0 aliphatic carbocycles. The number of hydrogen-bond donors (Lipinski definition) is 1. The van der Waals surface area contributed by atoms with E-state index in [9.17, 15) is 0 Å². The van der Waals surface area contributed by atoms with Crippen molar-refractivity contribution in [3.8, 4) is 0 Å². The van der Waals surface area contributed by atoms with Crippen LogP contribution in [-0.2, 0) is 0 Å². The van der Waals surface area contributed by atoms with Gasteiger partial charge in [-0.2, -0.15) is 0 Å². The third-order valence-corrected chi connectivity index (χ3v) is 4.51. The van der Waals surface area contributed by atoms with Crippen LogP contribution in [0.3, 0.4) is 0 Å². The predicted molar refractivity (Wildman–Crippen MR) is 80.7 cm³/mol. The van der Waals surface area contributed by atoms with Crippen molar-refractivity contribution in [3.63, 3.8) is 0 Å². The van der Waals surface area contributed by atoms with E-state index in [0.717, 1.165) is 18.4 Å². The normalized spacial score (nSPS) is 22.3. The van der Waals surface area contributed by atoms with Crippen LogP contribution in [0.1, 0.15) is 59.8 Å². The van der Waals surface area contributed by atoms with Crippen LogP contribution in [0, 0.1) is 17.3 Å². The van der Waals surface area contributed by atoms with E-state index in [1.54, 1.807) is 0 Å². The molecule has 1 rings (SSSR count). The third-order valence-electron chi connectivity index (χ3n) is 4.51. The molecule has 0 aromatic rings. The Morgan fingerprint density at radius 1 is 1.22 bits per heavy atom. The van der Waals surface area contributed by atoms with Crippen molar-refractivity contribution < 1.29 is 0 Å². The molecule has 0 radical (unpaired) electrons. The molecule has 108 valence electrons. The summed E-state index contributed by atoms with van der Waals surface area (Å²) in [6.45, 7) is 14.2. The summed E-state index contributed by atoms with van der Waals surface area (Å²) in [6.07, 6.45) is 6.67. The van der Waals surface area contributed by atoms with Gasteiger partial charge in [-0.1, -0.05) is 27.7 Å². The Morgan fingerprint density at radius 2 is 1.94 bits per heavy atom. The van der Waals surface area contributed by atoms with Crippen LogP contribution >= 0.6 is 0 Å². The van der Waals surface area contributed by atoms with Crippen molar-refractivity contribution in [2.45, 2.75) is 59.8 Å². The minimum Gasteiger partial charge on any atom is -0.330 e. The molecule has 1 heterocycles. The van der Waals surface area contributed by atoms with Crippen LogP contribution in [0.25, 0.3) is 0 Å². The minimum atomic E-state index is 0.535. The first-order valence-corrected chi connectivity index (χ1v) is 7.87. The summed E-state index contributed by atoms with van der Waals surface area (Å²) >= 11 is 0. The number of nitrogens with two attached hydrogens (primary N) is 1. The first-order chi connectivity index (χ1) is 8.44. The highest BCUT2D eigenvalue weighted by atomic mass is 15.1. The lowest BCUT2D eigenvalue weighted by Crippen LogP contribution is -2.40. The fraction of sp³-hybridized carbons (Fsp3) is 1.00. The molecule has 2 N–H and O–H groups in total. The van der Waals surface area contributed by atoms with Crippen LogP contribution in [0.4, 0.5) is 0 Å². The Kier molecular flexibility index (Phi) is 6.65. The van der Waals surface area contributed by atoms with Crippen molar-refractivity contribution in [2.24, 2.45) is 23.0 Å². The van der Waals surface area contributed by atoms with Gasteiger partial charge in [0.15, 0.2) is 0 Å². The number of likely N-dealkylation sites (tertiary alicyclic amines) is 1. The SMILES string of the molecule is CC(C)C(CCN)CCCN1CCCC(C)(C)C1. The molecule has 1 saturated heterocycles. The monoisotopic (exact) mass is 254 g/mol.